The highest BCUT2D eigenvalue weighted by Gasteiger charge is 2.44. The Hall–Kier alpha value is -1.04. The minimum absolute atomic E-state index is 0.0187. The Balaban J connectivity index is 5.50. The molecule has 0 rings (SSSR count). The first-order chi connectivity index (χ1) is 9.16. The second-order valence-electron chi connectivity index (χ2n) is 6.76. The molecule has 0 aliphatic heterocycles. The van der Waals surface area contributed by atoms with Gasteiger partial charge < -0.3 is 0 Å². The van der Waals surface area contributed by atoms with E-state index < -0.39 is 0 Å². The summed E-state index contributed by atoms with van der Waals surface area (Å²) in [6.45, 7) is 27.2. The largest absolute Gasteiger partial charge is 0.103 e. The smallest absolute Gasteiger partial charge is 0.00271 e. The summed E-state index contributed by atoms with van der Waals surface area (Å²) in [6.07, 6.45) is 9.32. The Morgan fingerprint density at radius 1 is 1.10 bits per heavy atom. The van der Waals surface area contributed by atoms with E-state index >= 15 is 0 Å². The van der Waals surface area contributed by atoms with E-state index in [1.807, 2.05) is 6.08 Å². The van der Waals surface area contributed by atoms with Gasteiger partial charge in [0.05, 0.1) is 0 Å². The first kappa shape index (κ1) is 19.0. The summed E-state index contributed by atoms with van der Waals surface area (Å²) in [5.74, 6) is 1.95. The molecule has 20 heavy (non-hydrogen) atoms. The summed E-state index contributed by atoms with van der Waals surface area (Å²) in [4.78, 5) is 0. The molecule has 2 unspecified atom stereocenters. The molecule has 0 saturated heterocycles. The highest BCUT2D eigenvalue weighted by Crippen LogP contribution is 2.53. The van der Waals surface area contributed by atoms with Crippen molar-refractivity contribution in [2.75, 3.05) is 0 Å². The Kier molecular flexibility index (Phi) is 7.27. The molecule has 0 aromatic carbocycles. The average molecular weight is 273 g/mol. The van der Waals surface area contributed by atoms with Crippen molar-refractivity contribution in [3.8, 4) is 0 Å². The highest BCUT2D eigenvalue weighted by atomic mass is 14.5. The summed E-state index contributed by atoms with van der Waals surface area (Å²) >= 11 is 0. The molecular formula is C20H33. The van der Waals surface area contributed by atoms with Crippen LogP contribution in [0.25, 0.3) is 0 Å². The lowest BCUT2D eigenvalue weighted by Gasteiger charge is -2.48. The molecule has 0 aliphatic rings. The predicted molar refractivity (Wildman–Crippen MR) is 93.6 cm³/mol. The molecule has 0 fully saturated rings. The molecule has 2 atom stereocenters. The van der Waals surface area contributed by atoms with Gasteiger partial charge in [-0.05, 0) is 43.4 Å². The zero-order valence-corrected chi connectivity index (χ0v) is 14.3. The van der Waals surface area contributed by atoms with Crippen molar-refractivity contribution in [3.63, 3.8) is 0 Å². The third-order valence-electron chi connectivity index (χ3n) is 4.75. The van der Waals surface area contributed by atoms with Crippen LogP contribution in [0, 0.1) is 22.7 Å². The molecule has 0 N–H and O–H groups in total. The van der Waals surface area contributed by atoms with E-state index in [9.17, 15) is 0 Å². The molecule has 0 heterocycles. The lowest BCUT2D eigenvalue weighted by atomic mass is 9.55. The van der Waals surface area contributed by atoms with Crippen molar-refractivity contribution in [1.29, 1.82) is 0 Å². The maximum absolute atomic E-state index is 4.16. The zero-order chi connectivity index (χ0) is 16.0. The molecule has 0 aromatic heterocycles. The van der Waals surface area contributed by atoms with Gasteiger partial charge in [0.2, 0.25) is 0 Å². The maximum Gasteiger partial charge on any atom is 0.00271 e. The van der Waals surface area contributed by atoms with Gasteiger partial charge in [-0.2, -0.15) is 0 Å². The fraction of sp³-hybridized carbons (Fsp3) is 0.550. The van der Waals surface area contributed by atoms with Gasteiger partial charge in [0.15, 0.2) is 0 Å². The molecule has 0 aliphatic carbocycles. The Morgan fingerprint density at radius 2 is 1.65 bits per heavy atom. The predicted octanol–water partition coefficient (Wildman–Crippen LogP) is 6.53. The van der Waals surface area contributed by atoms with Crippen molar-refractivity contribution >= 4 is 0 Å². The van der Waals surface area contributed by atoms with Gasteiger partial charge in [0.1, 0.15) is 0 Å². The van der Waals surface area contributed by atoms with Crippen LogP contribution in [0.15, 0.2) is 50.1 Å². The van der Waals surface area contributed by atoms with Crippen LogP contribution in [-0.2, 0) is 0 Å². The normalized spacial score (nSPS) is 16.3. The lowest BCUT2D eigenvalue weighted by molar-refractivity contribution is 0.171. The molecule has 0 spiro atoms. The fourth-order valence-electron chi connectivity index (χ4n) is 2.97. The number of hydrogen-bond donors (Lipinski definition) is 0. The van der Waals surface area contributed by atoms with E-state index in [-0.39, 0.29) is 10.8 Å². The van der Waals surface area contributed by atoms with Gasteiger partial charge in [0, 0.05) is 5.41 Å². The topological polar surface area (TPSA) is 0 Å². The summed E-state index contributed by atoms with van der Waals surface area (Å²) in [6, 6.07) is 0. The zero-order valence-electron chi connectivity index (χ0n) is 14.3. The lowest BCUT2D eigenvalue weighted by Crippen LogP contribution is -2.40. The van der Waals surface area contributed by atoms with Crippen LogP contribution in [0.3, 0.4) is 0 Å². The second-order valence-corrected chi connectivity index (χ2v) is 6.76. The molecule has 0 amide bonds. The molecule has 113 valence electrons. The SMILES string of the molecule is C=CC(C)C[C](C)C(C=C)(CCC(=C)C)C(C)(C)C=C. The molecular weight excluding hydrogens is 240 g/mol. The summed E-state index contributed by atoms with van der Waals surface area (Å²) < 4.78 is 0. The summed E-state index contributed by atoms with van der Waals surface area (Å²) in [5, 5.41) is 0. The molecule has 0 nitrogen and oxygen atoms in total. The van der Waals surface area contributed by atoms with Crippen LogP contribution in [0.2, 0.25) is 0 Å². The second kappa shape index (κ2) is 7.67. The van der Waals surface area contributed by atoms with E-state index in [1.165, 1.54) is 11.5 Å². The van der Waals surface area contributed by atoms with E-state index in [1.54, 1.807) is 0 Å². The maximum atomic E-state index is 4.16. The van der Waals surface area contributed by atoms with Crippen LogP contribution in [0.1, 0.15) is 53.9 Å². The van der Waals surface area contributed by atoms with Crippen molar-refractivity contribution < 1.29 is 0 Å². The quantitative estimate of drug-likeness (QED) is 0.397. The molecule has 0 saturated carbocycles. The Bertz CT molecular complexity index is 358. The Labute approximate surface area is 127 Å². The van der Waals surface area contributed by atoms with E-state index in [0.717, 1.165) is 19.3 Å². The molecule has 0 heteroatoms. The number of hydrogen-bond acceptors (Lipinski definition) is 0. The van der Waals surface area contributed by atoms with Crippen LogP contribution in [0.4, 0.5) is 0 Å². The fourth-order valence-corrected chi connectivity index (χ4v) is 2.97. The van der Waals surface area contributed by atoms with Gasteiger partial charge in [0.25, 0.3) is 0 Å². The van der Waals surface area contributed by atoms with Crippen molar-refractivity contribution in [3.05, 3.63) is 56.0 Å². The van der Waals surface area contributed by atoms with Crippen molar-refractivity contribution in [1.82, 2.24) is 0 Å². The number of rotatable bonds is 10. The first-order valence-corrected chi connectivity index (χ1v) is 7.54. The van der Waals surface area contributed by atoms with Gasteiger partial charge in [-0.3, -0.25) is 0 Å². The summed E-state index contributed by atoms with van der Waals surface area (Å²) in [5.41, 5.74) is 1.17. The highest BCUT2D eigenvalue weighted by molar-refractivity contribution is 5.23. The van der Waals surface area contributed by atoms with Crippen LogP contribution >= 0.6 is 0 Å². The third kappa shape index (κ3) is 4.23. The molecule has 1 radical (unpaired) electrons. The van der Waals surface area contributed by atoms with E-state index in [4.69, 9.17) is 0 Å². The average Bonchev–Trinajstić information content (AvgIpc) is 2.39. The van der Waals surface area contributed by atoms with Crippen molar-refractivity contribution in [2.45, 2.75) is 53.9 Å². The van der Waals surface area contributed by atoms with Gasteiger partial charge in [-0.1, -0.05) is 51.5 Å². The third-order valence-corrected chi connectivity index (χ3v) is 4.75. The standard InChI is InChI=1S/C20H33/c1-10-17(6)15-18(7)20(12-3,14-13-16(4)5)19(8,9)11-2/h10-12,17H,1-4,13-15H2,5-9H3. The minimum atomic E-state index is -0.0367. The van der Waals surface area contributed by atoms with Crippen LogP contribution in [-0.4, -0.2) is 0 Å². The monoisotopic (exact) mass is 273 g/mol. The van der Waals surface area contributed by atoms with Crippen molar-refractivity contribution in [2.24, 2.45) is 16.7 Å². The number of allylic oxidation sites excluding steroid dienone is 4. The van der Waals surface area contributed by atoms with Gasteiger partial charge in [-0.15, -0.1) is 26.3 Å². The van der Waals surface area contributed by atoms with Crippen LogP contribution in [0.5, 0.6) is 0 Å². The van der Waals surface area contributed by atoms with E-state index in [2.05, 4.69) is 73.1 Å². The summed E-state index contributed by atoms with van der Waals surface area (Å²) in [7, 11) is 0. The van der Waals surface area contributed by atoms with Crippen LogP contribution < -0.4 is 0 Å². The first-order valence-electron chi connectivity index (χ1n) is 7.54. The molecule has 0 bridgehead atoms. The van der Waals surface area contributed by atoms with E-state index in [0.29, 0.717) is 5.92 Å². The minimum Gasteiger partial charge on any atom is -0.103 e. The van der Waals surface area contributed by atoms with Gasteiger partial charge in [-0.25, -0.2) is 0 Å². The van der Waals surface area contributed by atoms with Gasteiger partial charge >= 0.3 is 0 Å². The molecule has 0 aromatic rings. The Morgan fingerprint density at radius 3 is 2.00 bits per heavy atom.